The second-order valence-electron chi connectivity index (χ2n) is 6.15. The van der Waals surface area contributed by atoms with Crippen molar-refractivity contribution < 1.29 is 27.9 Å². The van der Waals surface area contributed by atoms with Gasteiger partial charge in [0.1, 0.15) is 28.6 Å². The van der Waals surface area contributed by atoms with Crippen molar-refractivity contribution in [3.05, 3.63) is 71.0 Å². The van der Waals surface area contributed by atoms with Crippen molar-refractivity contribution in [3.8, 4) is 0 Å². The standard InChI is InChI=1S/C18H15F3N2O3/c19-10-6-12(20)14(13(21)7-10)17(26)23-18(15(24)16(22)25)8-11(18)9-4-2-1-3-5-9/h1-7,11,16,25H,8,22H2,(H,23,26)/t11-,16?,18?/m0/s1. The minimum absolute atomic E-state index is 0.111. The zero-order chi connectivity index (χ0) is 19.1. The highest BCUT2D eigenvalue weighted by Crippen LogP contribution is 2.52. The molecule has 2 aromatic rings. The lowest BCUT2D eigenvalue weighted by Gasteiger charge is -2.20. The average molecular weight is 364 g/mol. The highest BCUT2D eigenvalue weighted by molar-refractivity contribution is 6.04. The van der Waals surface area contributed by atoms with Crippen molar-refractivity contribution >= 4 is 11.7 Å². The summed E-state index contributed by atoms with van der Waals surface area (Å²) in [7, 11) is 0. The highest BCUT2D eigenvalue weighted by Gasteiger charge is 2.62. The van der Waals surface area contributed by atoms with Crippen LogP contribution in [0.15, 0.2) is 42.5 Å². The number of aliphatic hydroxyl groups is 1. The highest BCUT2D eigenvalue weighted by atomic mass is 19.1. The zero-order valence-corrected chi connectivity index (χ0v) is 13.4. The molecule has 2 unspecified atom stereocenters. The summed E-state index contributed by atoms with van der Waals surface area (Å²) in [5.41, 5.74) is 3.36. The Labute approximate surface area is 146 Å². The topological polar surface area (TPSA) is 92.4 Å². The molecule has 0 aromatic heterocycles. The van der Waals surface area contributed by atoms with E-state index in [0.717, 1.165) is 0 Å². The van der Waals surface area contributed by atoms with Gasteiger partial charge in [0.2, 0.25) is 5.78 Å². The Hall–Kier alpha value is -2.71. The maximum absolute atomic E-state index is 13.8. The first-order valence-electron chi connectivity index (χ1n) is 7.76. The SMILES string of the molecule is NC(O)C(=O)C1(NC(=O)c2c(F)cc(F)cc2F)C[C@H]1c1ccccc1. The van der Waals surface area contributed by atoms with Crippen LogP contribution in [-0.2, 0) is 4.79 Å². The monoisotopic (exact) mass is 364 g/mol. The molecule has 26 heavy (non-hydrogen) atoms. The fourth-order valence-corrected chi connectivity index (χ4v) is 3.11. The zero-order valence-electron chi connectivity index (χ0n) is 13.4. The number of nitrogens with one attached hydrogen (secondary N) is 1. The molecule has 1 aliphatic carbocycles. The summed E-state index contributed by atoms with van der Waals surface area (Å²) in [6, 6.07) is 9.38. The second kappa shape index (κ2) is 6.54. The van der Waals surface area contributed by atoms with E-state index in [1.807, 2.05) is 0 Å². The normalized spacial score (nSPS) is 22.6. The molecule has 0 radical (unpaired) electrons. The third-order valence-corrected chi connectivity index (χ3v) is 4.44. The van der Waals surface area contributed by atoms with Gasteiger partial charge in [0.15, 0.2) is 6.23 Å². The molecule has 0 spiro atoms. The number of halogens is 3. The summed E-state index contributed by atoms with van der Waals surface area (Å²) >= 11 is 0. The van der Waals surface area contributed by atoms with Gasteiger partial charge in [-0.05, 0) is 12.0 Å². The van der Waals surface area contributed by atoms with Crippen LogP contribution >= 0.6 is 0 Å². The number of Topliss-reactive ketones (excluding diaryl/α,β-unsaturated/α-hetero) is 1. The first-order chi connectivity index (χ1) is 12.3. The summed E-state index contributed by atoms with van der Waals surface area (Å²) in [5.74, 6) is -6.58. The molecular weight excluding hydrogens is 349 g/mol. The number of rotatable bonds is 5. The lowest BCUT2D eigenvalue weighted by Crippen LogP contribution is -2.51. The fraction of sp³-hybridized carbons (Fsp3) is 0.222. The van der Waals surface area contributed by atoms with Crippen molar-refractivity contribution in [1.29, 1.82) is 0 Å². The number of hydrogen-bond donors (Lipinski definition) is 3. The van der Waals surface area contributed by atoms with E-state index in [2.05, 4.69) is 5.32 Å². The Morgan fingerprint density at radius 2 is 1.73 bits per heavy atom. The predicted molar refractivity (Wildman–Crippen MR) is 85.5 cm³/mol. The predicted octanol–water partition coefficient (Wildman–Crippen LogP) is 1.61. The van der Waals surface area contributed by atoms with Gasteiger partial charge in [-0.25, -0.2) is 13.2 Å². The largest absolute Gasteiger partial charge is 0.371 e. The molecule has 2 aromatic carbocycles. The molecule has 1 fully saturated rings. The maximum Gasteiger partial charge on any atom is 0.258 e. The molecule has 1 saturated carbocycles. The lowest BCUT2D eigenvalue weighted by molar-refractivity contribution is -0.130. The van der Waals surface area contributed by atoms with Crippen molar-refractivity contribution in [3.63, 3.8) is 0 Å². The second-order valence-corrected chi connectivity index (χ2v) is 6.15. The van der Waals surface area contributed by atoms with Gasteiger partial charge in [0.25, 0.3) is 5.91 Å². The number of carbonyl (C=O) groups is 2. The molecule has 1 amide bonds. The lowest BCUT2D eigenvalue weighted by atomic mass is 10.0. The summed E-state index contributed by atoms with van der Waals surface area (Å²) in [5, 5.41) is 11.8. The molecule has 0 aliphatic heterocycles. The quantitative estimate of drug-likeness (QED) is 0.703. The van der Waals surface area contributed by atoms with Gasteiger partial charge in [0.05, 0.1) is 0 Å². The number of carbonyl (C=O) groups excluding carboxylic acids is 2. The summed E-state index contributed by atoms with van der Waals surface area (Å²) < 4.78 is 40.7. The summed E-state index contributed by atoms with van der Waals surface area (Å²) in [4.78, 5) is 24.7. The molecule has 3 atom stereocenters. The van der Waals surface area contributed by atoms with Crippen LogP contribution in [-0.4, -0.2) is 28.6 Å². The third kappa shape index (κ3) is 3.09. The minimum Gasteiger partial charge on any atom is -0.371 e. The first-order valence-corrected chi connectivity index (χ1v) is 7.76. The molecule has 136 valence electrons. The van der Waals surface area contributed by atoms with Crippen LogP contribution in [0.1, 0.15) is 28.3 Å². The van der Waals surface area contributed by atoms with E-state index in [1.165, 1.54) is 0 Å². The van der Waals surface area contributed by atoms with Crippen LogP contribution in [0.5, 0.6) is 0 Å². The molecule has 5 nitrogen and oxygen atoms in total. The van der Waals surface area contributed by atoms with Gasteiger partial charge in [-0.2, -0.15) is 0 Å². The van der Waals surface area contributed by atoms with Crippen molar-refractivity contribution in [1.82, 2.24) is 5.32 Å². The first kappa shape index (κ1) is 18.1. The molecule has 0 saturated heterocycles. The fourth-order valence-electron chi connectivity index (χ4n) is 3.11. The Morgan fingerprint density at radius 1 is 1.15 bits per heavy atom. The number of nitrogens with two attached hydrogens (primary N) is 1. The van der Waals surface area contributed by atoms with Crippen molar-refractivity contribution in [2.75, 3.05) is 0 Å². The van der Waals surface area contributed by atoms with Gasteiger partial charge < -0.3 is 10.4 Å². The van der Waals surface area contributed by atoms with Crippen LogP contribution in [0.2, 0.25) is 0 Å². The van der Waals surface area contributed by atoms with E-state index in [0.29, 0.717) is 17.7 Å². The van der Waals surface area contributed by atoms with Gasteiger partial charge in [0, 0.05) is 18.1 Å². The van der Waals surface area contributed by atoms with Gasteiger partial charge >= 0.3 is 0 Å². The number of benzene rings is 2. The van der Waals surface area contributed by atoms with Crippen LogP contribution in [0.4, 0.5) is 13.2 Å². The van der Waals surface area contributed by atoms with Crippen LogP contribution in [0, 0.1) is 17.5 Å². The van der Waals surface area contributed by atoms with Crippen LogP contribution < -0.4 is 11.1 Å². The Morgan fingerprint density at radius 3 is 2.27 bits per heavy atom. The number of ketones is 1. The molecule has 0 heterocycles. The average Bonchev–Trinajstić information content (AvgIpc) is 3.29. The van der Waals surface area contributed by atoms with Crippen molar-refractivity contribution in [2.24, 2.45) is 5.73 Å². The van der Waals surface area contributed by atoms with E-state index in [1.54, 1.807) is 30.3 Å². The molecular formula is C18H15F3N2O3. The Kier molecular flexibility index (Phi) is 4.55. The Bertz CT molecular complexity index is 850. The van der Waals surface area contributed by atoms with E-state index in [9.17, 15) is 27.9 Å². The Balaban J connectivity index is 1.94. The maximum atomic E-state index is 13.8. The summed E-state index contributed by atoms with van der Waals surface area (Å²) in [6.45, 7) is 0. The van der Waals surface area contributed by atoms with E-state index in [4.69, 9.17) is 5.73 Å². The van der Waals surface area contributed by atoms with Crippen LogP contribution in [0.3, 0.4) is 0 Å². The third-order valence-electron chi connectivity index (χ3n) is 4.44. The van der Waals surface area contributed by atoms with Crippen LogP contribution in [0.25, 0.3) is 0 Å². The molecule has 0 bridgehead atoms. The number of aliphatic hydroxyl groups excluding tert-OH is 1. The summed E-state index contributed by atoms with van der Waals surface area (Å²) in [6.07, 6.45) is -1.76. The molecule has 4 N–H and O–H groups in total. The van der Waals surface area contributed by atoms with Gasteiger partial charge in [-0.1, -0.05) is 30.3 Å². The molecule has 3 rings (SSSR count). The van der Waals surface area contributed by atoms with Gasteiger partial charge in [-0.3, -0.25) is 15.3 Å². The minimum atomic E-state index is -1.87. The smallest absolute Gasteiger partial charge is 0.258 e. The van der Waals surface area contributed by atoms with Crippen molar-refractivity contribution in [2.45, 2.75) is 24.1 Å². The molecule has 1 aliphatic rings. The van der Waals surface area contributed by atoms with E-state index < -0.39 is 52.4 Å². The van der Waals surface area contributed by atoms with E-state index >= 15 is 0 Å². The number of hydrogen-bond acceptors (Lipinski definition) is 4. The molecule has 8 heteroatoms. The van der Waals surface area contributed by atoms with E-state index in [-0.39, 0.29) is 6.42 Å². The van der Waals surface area contributed by atoms with Gasteiger partial charge in [-0.15, -0.1) is 0 Å². The number of amides is 1.